The molecule has 6 nitrogen and oxygen atoms in total. The largest absolute Gasteiger partial charge is 0.373 e. The Morgan fingerprint density at radius 3 is 2.54 bits per heavy atom. The second kappa shape index (κ2) is 10.2. The van der Waals surface area contributed by atoms with Crippen molar-refractivity contribution in [3.63, 3.8) is 0 Å². The van der Waals surface area contributed by atoms with E-state index in [1.807, 2.05) is 36.4 Å². The van der Waals surface area contributed by atoms with Crippen LogP contribution < -0.4 is 4.90 Å². The number of aromatic nitrogens is 2. The maximum Gasteiger partial charge on any atom is 0.186 e. The lowest BCUT2D eigenvalue weighted by Gasteiger charge is -2.47. The van der Waals surface area contributed by atoms with Crippen molar-refractivity contribution in [1.82, 2.24) is 10.1 Å². The molecule has 39 heavy (non-hydrogen) atoms. The lowest BCUT2D eigenvalue weighted by molar-refractivity contribution is -0.0650. The van der Waals surface area contributed by atoms with E-state index in [0.717, 1.165) is 71.0 Å². The molecule has 2 unspecified atom stereocenters. The first kappa shape index (κ1) is 25.5. The van der Waals surface area contributed by atoms with Gasteiger partial charge in [-0.2, -0.15) is 0 Å². The van der Waals surface area contributed by atoms with E-state index in [1.54, 1.807) is 18.3 Å². The van der Waals surface area contributed by atoms with Gasteiger partial charge in [0, 0.05) is 47.5 Å². The van der Waals surface area contributed by atoms with Crippen LogP contribution in [0, 0.1) is 11.8 Å². The van der Waals surface area contributed by atoms with E-state index < -0.39 is 0 Å². The molecular formula is C30H29Cl2N3O3S. The zero-order chi connectivity index (χ0) is 26.7. The molecule has 3 fully saturated rings. The van der Waals surface area contributed by atoms with Crippen LogP contribution in [0.4, 0.5) is 5.13 Å². The summed E-state index contributed by atoms with van der Waals surface area (Å²) in [5.41, 5.74) is 4.09. The molecule has 2 aromatic heterocycles. The van der Waals surface area contributed by atoms with Gasteiger partial charge in [-0.3, -0.25) is 4.79 Å². The van der Waals surface area contributed by atoms with E-state index in [0.29, 0.717) is 45.7 Å². The fraction of sp³-hybridized carbons (Fsp3) is 0.433. The monoisotopic (exact) mass is 581 g/mol. The molecule has 1 saturated heterocycles. The molecule has 2 aliphatic carbocycles. The van der Waals surface area contributed by atoms with Gasteiger partial charge in [-0.1, -0.05) is 52.2 Å². The van der Waals surface area contributed by atoms with Gasteiger partial charge in [0.15, 0.2) is 10.9 Å². The number of halogens is 2. The molecule has 0 radical (unpaired) electrons. The van der Waals surface area contributed by atoms with Gasteiger partial charge < -0.3 is 14.2 Å². The van der Waals surface area contributed by atoms with E-state index in [-0.39, 0.29) is 11.9 Å². The summed E-state index contributed by atoms with van der Waals surface area (Å²) in [6.07, 6.45) is 5.89. The zero-order valence-corrected chi connectivity index (χ0v) is 24.0. The fourth-order valence-electron chi connectivity index (χ4n) is 6.31. The van der Waals surface area contributed by atoms with Gasteiger partial charge in [0.25, 0.3) is 0 Å². The first-order chi connectivity index (χ1) is 19.0. The Kier molecular flexibility index (Phi) is 6.66. The number of Topliss-reactive ketones (excluding diaryl/α,β-unsaturated/α-hetero) is 1. The minimum Gasteiger partial charge on any atom is -0.373 e. The van der Waals surface area contributed by atoms with Gasteiger partial charge in [-0.25, -0.2) is 4.98 Å². The summed E-state index contributed by atoms with van der Waals surface area (Å²) in [6, 6.07) is 11.3. The Labute approximate surface area is 241 Å². The first-order valence-electron chi connectivity index (χ1n) is 13.7. The number of ketones is 1. The molecule has 7 rings (SSSR count). The second-order valence-corrected chi connectivity index (χ2v) is 12.9. The van der Waals surface area contributed by atoms with Gasteiger partial charge in [-0.05, 0) is 62.9 Å². The number of ether oxygens (including phenoxy) is 1. The number of fused-ring (bicyclic) bond motifs is 3. The summed E-state index contributed by atoms with van der Waals surface area (Å²) in [5.74, 6) is 2.25. The molecule has 2 aromatic carbocycles. The van der Waals surface area contributed by atoms with E-state index in [4.69, 9.17) is 37.4 Å². The standard InChI is InChI=1S/C30H29Cl2N3O3S/c1-16(36)18-10-11-24-25(12-18)39-30(33-24)35-13-19-4-2-5-20(14-35)28(19)37-15-21-27(34-38-29(21)17-8-9-17)26-22(31)6-3-7-23(26)32/h3,6-7,10-12,17,19-20,28H,2,4-5,8-9,13-15H2,1H3. The Morgan fingerprint density at radius 1 is 1.10 bits per heavy atom. The molecule has 2 saturated carbocycles. The van der Waals surface area contributed by atoms with E-state index in [1.165, 1.54) is 6.42 Å². The SMILES string of the molecule is CC(=O)c1ccc2nc(N3CC4CCCC(C3)C4OCc3c(-c4c(Cl)cccc4Cl)noc3C3CC3)sc2c1. The van der Waals surface area contributed by atoms with Crippen LogP contribution in [0.25, 0.3) is 21.5 Å². The molecule has 3 heterocycles. The van der Waals surface area contributed by atoms with E-state index in [9.17, 15) is 4.79 Å². The summed E-state index contributed by atoms with van der Waals surface area (Å²) < 4.78 is 13.7. The van der Waals surface area contributed by atoms with Crippen molar-refractivity contribution in [3.8, 4) is 11.3 Å². The van der Waals surface area contributed by atoms with Gasteiger partial charge in [0.05, 0.1) is 33.0 Å². The molecule has 0 N–H and O–H groups in total. The predicted octanol–water partition coefficient (Wildman–Crippen LogP) is 8.16. The minimum absolute atomic E-state index is 0.0805. The van der Waals surface area contributed by atoms with Crippen LogP contribution in [0.15, 0.2) is 40.9 Å². The number of hydrogen-bond donors (Lipinski definition) is 0. The molecule has 4 aromatic rings. The topological polar surface area (TPSA) is 68.5 Å². The van der Waals surface area contributed by atoms with Gasteiger partial charge in [-0.15, -0.1) is 0 Å². The van der Waals surface area contributed by atoms with E-state index in [2.05, 4.69) is 10.1 Å². The number of nitrogens with zero attached hydrogens (tertiary/aromatic N) is 3. The summed E-state index contributed by atoms with van der Waals surface area (Å²) in [5, 5.41) is 6.60. The van der Waals surface area contributed by atoms with Crippen molar-refractivity contribution >= 4 is 55.7 Å². The number of thiazole rings is 1. The highest BCUT2D eigenvalue weighted by atomic mass is 35.5. The summed E-state index contributed by atoms with van der Waals surface area (Å²) in [6.45, 7) is 3.89. The maximum absolute atomic E-state index is 11.8. The molecule has 202 valence electrons. The van der Waals surface area contributed by atoms with Gasteiger partial charge >= 0.3 is 0 Å². The molecule has 2 bridgehead atoms. The Hall–Kier alpha value is -2.45. The molecule has 0 spiro atoms. The second-order valence-electron chi connectivity index (χ2n) is 11.1. The van der Waals surface area contributed by atoms with Crippen molar-refractivity contribution in [2.24, 2.45) is 11.8 Å². The average molecular weight is 583 g/mol. The average Bonchev–Trinajstić information content (AvgIpc) is 3.53. The number of rotatable bonds is 7. The summed E-state index contributed by atoms with van der Waals surface area (Å²) >= 11 is 14.8. The van der Waals surface area contributed by atoms with Crippen LogP contribution in [-0.2, 0) is 11.3 Å². The van der Waals surface area contributed by atoms with Crippen molar-refractivity contribution < 1.29 is 14.1 Å². The number of benzene rings is 2. The molecule has 3 aliphatic rings. The smallest absolute Gasteiger partial charge is 0.186 e. The van der Waals surface area contributed by atoms with Crippen molar-refractivity contribution in [2.75, 3.05) is 18.0 Å². The van der Waals surface area contributed by atoms with Crippen LogP contribution in [0.5, 0.6) is 0 Å². The highest BCUT2D eigenvalue weighted by molar-refractivity contribution is 7.22. The van der Waals surface area contributed by atoms with Gasteiger partial charge in [0.2, 0.25) is 0 Å². The summed E-state index contributed by atoms with van der Waals surface area (Å²) in [4.78, 5) is 19.2. The molecule has 9 heteroatoms. The quantitative estimate of drug-likeness (QED) is 0.205. The third-order valence-electron chi connectivity index (χ3n) is 8.43. The first-order valence-corrected chi connectivity index (χ1v) is 15.2. The highest BCUT2D eigenvalue weighted by Gasteiger charge is 2.42. The van der Waals surface area contributed by atoms with Crippen LogP contribution in [0.3, 0.4) is 0 Å². The molecular weight excluding hydrogens is 553 g/mol. The zero-order valence-electron chi connectivity index (χ0n) is 21.7. The number of carbonyl (C=O) groups excluding carboxylic acids is 1. The van der Waals surface area contributed by atoms with Crippen LogP contribution >= 0.6 is 34.5 Å². The minimum atomic E-state index is 0.0805. The number of carbonyl (C=O) groups is 1. The van der Waals surface area contributed by atoms with Crippen molar-refractivity contribution in [3.05, 3.63) is 63.3 Å². The number of anilines is 1. The van der Waals surface area contributed by atoms with Crippen molar-refractivity contribution in [2.45, 2.75) is 57.7 Å². The Morgan fingerprint density at radius 2 is 1.85 bits per heavy atom. The lowest BCUT2D eigenvalue weighted by Crippen LogP contribution is -2.52. The number of hydrogen-bond acceptors (Lipinski definition) is 7. The fourth-order valence-corrected chi connectivity index (χ4v) is 7.91. The van der Waals surface area contributed by atoms with Crippen LogP contribution in [-0.4, -0.2) is 35.1 Å². The Bertz CT molecular complexity index is 1530. The molecule has 0 amide bonds. The third kappa shape index (κ3) is 4.77. The summed E-state index contributed by atoms with van der Waals surface area (Å²) in [7, 11) is 0. The Balaban J connectivity index is 1.12. The van der Waals surface area contributed by atoms with Crippen LogP contribution in [0.1, 0.15) is 66.6 Å². The van der Waals surface area contributed by atoms with Crippen molar-refractivity contribution in [1.29, 1.82) is 0 Å². The third-order valence-corrected chi connectivity index (χ3v) is 10.1. The predicted molar refractivity (Wildman–Crippen MR) is 155 cm³/mol. The van der Waals surface area contributed by atoms with E-state index >= 15 is 0 Å². The number of piperidine rings is 1. The molecule has 2 atom stereocenters. The lowest BCUT2D eigenvalue weighted by atomic mass is 9.75. The molecule has 1 aliphatic heterocycles. The van der Waals surface area contributed by atoms with Crippen LogP contribution in [0.2, 0.25) is 10.0 Å². The highest BCUT2D eigenvalue weighted by Crippen LogP contribution is 2.47. The normalized spacial score (nSPS) is 22.9. The van der Waals surface area contributed by atoms with Gasteiger partial charge in [0.1, 0.15) is 11.5 Å². The maximum atomic E-state index is 11.8.